The maximum Gasteiger partial charge on any atom is 0.323 e. The minimum atomic E-state index is -0.487. The number of rotatable bonds is 13. The summed E-state index contributed by atoms with van der Waals surface area (Å²) in [6.07, 6.45) is 7.20. The van der Waals surface area contributed by atoms with Gasteiger partial charge in [0, 0.05) is 24.3 Å². The highest BCUT2D eigenvalue weighted by atomic mass is 32.2. The first kappa shape index (κ1) is 27.6. The van der Waals surface area contributed by atoms with Crippen LogP contribution in [0, 0.1) is 0 Å². The first-order chi connectivity index (χ1) is 18.1. The van der Waals surface area contributed by atoms with E-state index in [4.69, 9.17) is 9.94 Å². The average Bonchev–Trinajstić information content (AvgIpc) is 3.58. The van der Waals surface area contributed by atoms with E-state index in [0.29, 0.717) is 18.0 Å². The van der Waals surface area contributed by atoms with Crippen LogP contribution in [0.15, 0.2) is 48.5 Å². The highest BCUT2D eigenvalue weighted by Crippen LogP contribution is 2.27. The average molecular weight is 542 g/mol. The Morgan fingerprint density at radius 1 is 1.03 bits per heavy atom. The summed E-state index contributed by atoms with van der Waals surface area (Å²) in [5, 5.41) is 16.7. The Balaban J connectivity index is 1.24. The van der Waals surface area contributed by atoms with Crippen LogP contribution < -0.4 is 16.1 Å². The van der Waals surface area contributed by atoms with Crippen molar-refractivity contribution in [1.29, 1.82) is 0 Å². The van der Waals surface area contributed by atoms with Crippen LogP contribution >= 0.6 is 23.1 Å². The molecule has 1 atom stereocenters. The molecule has 1 amide bonds. The fraction of sp³-hybridized carbons (Fsp3) is 0.429. The molecule has 0 aliphatic heterocycles. The second kappa shape index (κ2) is 13.9. The molecule has 0 spiro atoms. The fourth-order valence-electron chi connectivity index (χ4n) is 4.51. The lowest BCUT2D eigenvalue weighted by Gasteiger charge is -2.20. The van der Waals surface area contributed by atoms with E-state index in [0.717, 1.165) is 65.6 Å². The van der Waals surface area contributed by atoms with Crippen LogP contribution in [0.3, 0.4) is 0 Å². The number of thiophene rings is 1. The van der Waals surface area contributed by atoms with Crippen molar-refractivity contribution in [3.63, 3.8) is 0 Å². The van der Waals surface area contributed by atoms with Gasteiger partial charge in [-0.15, -0.1) is 11.3 Å². The van der Waals surface area contributed by atoms with E-state index in [9.17, 15) is 9.59 Å². The lowest BCUT2D eigenvalue weighted by Crippen LogP contribution is -2.39. The van der Waals surface area contributed by atoms with Gasteiger partial charge < -0.3 is 15.4 Å². The van der Waals surface area contributed by atoms with E-state index in [1.165, 1.54) is 16.9 Å². The number of benzene rings is 2. The lowest BCUT2D eigenvalue weighted by molar-refractivity contribution is -0.151. The van der Waals surface area contributed by atoms with Crippen LogP contribution in [-0.2, 0) is 29.2 Å². The summed E-state index contributed by atoms with van der Waals surface area (Å²) in [5.74, 6) is 0.315. The molecule has 1 saturated carbocycles. The number of thioether (sulfide) groups is 1. The second-order valence-corrected chi connectivity index (χ2v) is 11.5. The summed E-state index contributed by atoms with van der Waals surface area (Å²) in [5.41, 5.74) is 5.14. The Hall–Kier alpha value is -2.43. The zero-order valence-corrected chi connectivity index (χ0v) is 22.8. The van der Waals surface area contributed by atoms with E-state index in [1.807, 2.05) is 12.1 Å². The highest BCUT2D eigenvalue weighted by molar-refractivity contribution is 7.98. The van der Waals surface area contributed by atoms with Gasteiger partial charge in [-0.05, 0) is 78.3 Å². The van der Waals surface area contributed by atoms with Gasteiger partial charge in [0.2, 0.25) is 0 Å². The van der Waals surface area contributed by atoms with Gasteiger partial charge in [-0.2, -0.15) is 11.8 Å². The molecule has 1 aliphatic carbocycles. The molecule has 0 bridgehead atoms. The summed E-state index contributed by atoms with van der Waals surface area (Å²) in [4.78, 5) is 24.8. The van der Waals surface area contributed by atoms with Gasteiger partial charge in [-0.3, -0.25) is 14.8 Å². The number of amides is 1. The van der Waals surface area contributed by atoms with Crippen molar-refractivity contribution in [3.8, 4) is 0 Å². The molecule has 2 aromatic carbocycles. The van der Waals surface area contributed by atoms with Crippen molar-refractivity contribution in [3.05, 3.63) is 70.1 Å². The van der Waals surface area contributed by atoms with Crippen molar-refractivity contribution in [2.24, 2.45) is 0 Å². The molecule has 1 fully saturated rings. The third kappa shape index (κ3) is 8.02. The highest BCUT2D eigenvalue weighted by Gasteiger charge is 2.25. The first-order valence-electron chi connectivity index (χ1n) is 12.7. The molecule has 198 valence electrons. The third-order valence-electron chi connectivity index (χ3n) is 6.62. The standard InChI is InChI=1S/C28H35N3O4S2/c1-36-13-12-24(28(33)35-23-4-2-3-5-23)30-18-20-8-6-19(7-9-20)16-29-17-21-10-11-22-15-26(27(32)31-34)37-25(22)14-21/h6-11,14-15,23-24,29-30,34H,2-5,12-13,16-18H2,1H3,(H,31,32). The molecule has 3 aromatic rings. The molecule has 1 aliphatic rings. The van der Waals surface area contributed by atoms with Crippen LogP contribution in [-0.4, -0.2) is 41.2 Å². The monoisotopic (exact) mass is 541 g/mol. The molecule has 1 aromatic heterocycles. The van der Waals surface area contributed by atoms with Gasteiger partial charge in [-0.25, -0.2) is 5.48 Å². The Labute approximate surface area is 226 Å². The van der Waals surface area contributed by atoms with Gasteiger partial charge in [-0.1, -0.05) is 36.4 Å². The molecular formula is C28H35N3O4S2. The van der Waals surface area contributed by atoms with E-state index in [2.05, 4.69) is 47.2 Å². The Kier molecular flexibility index (Phi) is 10.4. The van der Waals surface area contributed by atoms with E-state index in [-0.39, 0.29) is 18.1 Å². The Morgan fingerprint density at radius 2 is 1.70 bits per heavy atom. The molecule has 37 heavy (non-hydrogen) atoms. The fourth-order valence-corrected chi connectivity index (χ4v) is 6.00. The van der Waals surface area contributed by atoms with Gasteiger partial charge in [0.05, 0.1) is 4.88 Å². The number of hydrogen-bond acceptors (Lipinski definition) is 8. The Bertz CT molecular complexity index is 1180. The summed E-state index contributed by atoms with van der Waals surface area (Å²) in [6, 6.07) is 16.0. The van der Waals surface area contributed by atoms with Gasteiger partial charge in [0.25, 0.3) is 5.91 Å². The van der Waals surface area contributed by atoms with Crippen LogP contribution in [0.5, 0.6) is 0 Å². The first-order valence-corrected chi connectivity index (χ1v) is 14.9. The normalized spacial score (nSPS) is 14.6. The van der Waals surface area contributed by atoms with Gasteiger partial charge in [0.1, 0.15) is 12.1 Å². The maximum atomic E-state index is 12.7. The van der Waals surface area contributed by atoms with Crippen LogP contribution in [0.4, 0.5) is 0 Å². The van der Waals surface area contributed by atoms with Crippen molar-refractivity contribution >= 4 is 45.1 Å². The zero-order chi connectivity index (χ0) is 26.0. The number of hydrogen-bond donors (Lipinski definition) is 4. The number of hydroxylamine groups is 1. The molecular weight excluding hydrogens is 506 g/mol. The summed E-state index contributed by atoms with van der Waals surface area (Å²) in [6.45, 7) is 2.07. The molecule has 0 saturated heterocycles. The van der Waals surface area contributed by atoms with Gasteiger partial charge >= 0.3 is 5.97 Å². The summed E-state index contributed by atoms with van der Waals surface area (Å²) in [7, 11) is 0. The number of fused-ring (bicyclic) bond motifs is 1. The van der Waals surface area contributed by atoms with Crippen molar-refractivity contribution in [1.82, 2.24) is 16.1 Å². The Morgan fingerprint density at radius 3 is 2.41 bits per heavy atom. The van der Waals surface area contributed by atoms with E-state index >= 15 is 0 Å². The van der Waals surface area contributed by atoms with Crippen molar-refractivity contribution < 1.29 is 19.5 Å². The largest absolute Gasteiger partial charge is 0.461 e. The predicted octanol–water partition coefficient (Wildman–Crippen LogP) is 5.01. The van der Waals surface area contributed by atoms with E-state index < -0.39 is 5.91 Å². The lowest BCUT2D eigenvalue weighted by atomic mass is 10.1. The van der Waals surface area contributed by atoms with Crippen molar-refractivity contribution in [2.45, 2.75) is 63.9 Å². The second-order valence-electron chi connectivity index (χ2n) is 9.40. The molecule has 1 heterocycles. The quantitative estimate of drug-likeness (QED) is 0.137. The molecule has 9 heteroatoms. The topological polar surface area (TPSA) is 99.7 Å². The molecule has 1 unspecified atom stereocenters. The molecule has 7 nitrogen and oxygen atoms in total. The zero-order valence-electron chi connectivity index (χ0n) is 21.1. The predicted molar refractivity (Wildman–Crippen MR) is 150 cm³/mol. The number of nitrogens with one attached hydrogen (secondary N) is 3. The van der Waals surface area contributed by atoms with Crippen molar-refractivity contribution in [2.75, 3.05) is 12.0 Å². The summed E-state index contributed by atoms with van der Waals surface area (Å²) >= 11 is 3.10. The van der Waals surface area contributed by atoms with Gasteiger partial charge in [0.15, 0.2) is 0 Å². The molecule has 4 N–H and O–H groups in total. The molecule has 0 radical (unpaired) electrons. The van der Waals surface area contributed by atoms with E-state index in [1.54, 1.807) is 23.3 Å². The smallest absolute Gasteiger partial charge is 0.323 e. The minimum absolute atomic E-state index is 0.0929. The number of ether oxygens (including phenoxy) is 1. The SMILES string of the molecule is CSCCC(NCc1ccc(CNCc2ccc3cc(C(=O)NO)sc3c2)cc1)C(=O)OC1CCCC1. The van der Waals surface area contributed by atoms with Crippen LogP contribution in [0.25, 0.3) is 10.1 Å². The number of carbonyl (C=O) groups is 2. The number of esters is 1. The third-order valence-corrected chi connectivity index (χ3v) is 8.36. The van der Waals surface area contributed by atoms with Crippen LogP contribution in [0.2, 0.25) is 0 Å². The molecule has 4 rings (SSSR count). The number of carbonyl (C=O) groups excluding carboxylic acids is 2. The minimum Gasteiger partial charge on any atom is -0.461 e. The summed E-state index contributed by atoms with van der Waals surface area (Å²) < 4.78 is 6.76. The maximum absolute atomic E-state index is 12.7. The van der Waals surface area contributed by atoms with Crippen LogP contribution in [0.1, 0.15) is 58.5 Å².